The van der Waals surface area contributed by atoms with Gasteiger partial charge in [0.15, 0.2) is 0 Å². The Hall–Kier alpha value is -1.29. The number of hydrogen-bond donors (Lipinski definition) is 2. The molecule has 2 aromatic carbocycles. The molecule has 0 saturated heterocycles. The Kier molecular flexibility index (Phi) is 6.09. The largest absolute Gasteiger partial charge is 0.496 e. The molecule has 0 aliphatic heterocycles. The lowest BCUT2D eigenvalue weighted by Gasteiger charge is -2.16. The monoisotopic (exact) mass is 280 g/mol. The van der Waals surface area contributed by atoms with Crippen molar-refractivity contribution >= 4 is 23.2 Å². The van der Waals surface area contributed by atoms with E-state index >= 15 is 0 Å². The molecule has 4 heteroatoms. The molecule has 0 aliphatic rings. The first kappa shape index (κ1) is 15.8. The molecular formula is C15H21ClN2O. The van der Waals surface area contributed by atoms with Crippen molar-refractivity contribution in [2.75, 3.05) is 13.7 Å². The molecule has 0 amide bonds. The van der Waals surface area contributed by atoms with E-state index in [9.17, 15) is 0 Å². The van der Waals surface area contributed by atoms with Crippen LogP contribution in [0.1, 0.15) is 24.4 Å². The van der Waals surface area contributed by atoms with Gasteiger partial charge in [0.05, 0.1) is 7.11 Å². The van der Waals surface area contributed by atoms with E-state index in [4.69, 9.17) is 16.2 Å². The van der Waals surface area contributed by atoms with E-state index in [0.29, 0.717) is 6.54 Å². The number of ether oxygens (including phenoxy) is 1. The summed E-state index contributed by atoms with van der Waals surface area (Å²) in [4.78, 5) is 0. The van der Waals surface area contributed by atoms with Gasteiger partial charge in [-0.15, -0.1) is 12.4 Å². The first-order chi connectivity index (χ1) is 8.77. The van der Waals surface area contributed by atoms with Gasteiger partial charge in [-0.3, -0.25) is 0 Å². The SMILES string of the molecule is COc1ccc([C@@H](N)CCCN)c2ccccc12.Cl. The molecule has 104 valence electrons. The molecule has 0 heterocycles. The van der Waals surface area contributed by atoms with Crippen molar-refractivity contribution in [2.45, 2.75) is 18.9 Å². The van der Waals surface area contributed by atoms with Gasteiger partial charge in [-0.25, -0.2) is 0 Å². The van der Waals surface area contributed by atoms with E-state index in [0.717, 1.165) is 24.0 Å². The normalized spacial score (nSPS) is 11.9. The highest BCUT2D eigenvalue weighted by atomic mass is 35.5. The summed E-state index contributed by atoms with van der Waals surface area (Å²) in [5.41, 5.74) is 12.9. The topological polar surface area (TPSA) is 61.3 Å². The van der Waals surface area contributed by atoms with Crippen molar-refractivity contribution in [2.24, 2.45) is 11.5 Å². The maximum absolute atomic E-state index is 6.24. The summed E-state index contributed by atoms with van der Waals surface area (Å²) in [6, 6.07) is 12.3. The van der Waals surface area contributed by atoms with Crippen LogP contribution in [0.4, 0.5) is 0 Å². The average Bonchev–Trinajstić information content (AvgIpc) is 2.43. The predicted molar refractivity (Wildman–Crippen MR) is 83.0 cm³/mol. The van der Waals surface area contributed by atoms with Crippen LogP contribution in [0, 0.1) is 0 Å². The molecule has 4 N–H and O–H groups in total. The van der Waals surface area contributed by atoms with Gasteiger partial charge in [-0.2, -0.15) is 0 Å². The van der Waals surface area contributed by atoms with E-state index in [1.807, 2.05) is 18.2 Å². The third kappa shape index (κ3) is 3.38. The van der Waals surface area contributed by atoms with E-state index in [2.05, 4.69) is 18.2 Å². The third-order valence-electron chi connectivity index (χ3n) is 3.26. The second-order valence-electron chi connectivity index (χ2n) is 4.44. The van der Waals surface area contributed by atoms with Crippen molar-refractivity contribution in [1.82, 2.24) is 0 Å². The second-order valence-corrected chi connectivity index (χ2v) is 4.44. The lowest BCUT2D eigenvalue weighted by molar-refractivity contribution is 0.419. The van der Waals surface area contributed by atoms with Crippen LogP contribution in [0.15, 0.2) is 36.4 Å². The molecule has 2 rings (SSSR count). The van der Waals surface area contributed by atoms with Crippen LogP contribution in [0.5, 0.6) is 5.75 Å². The third-order valence-corrected chi connectivity index (χ3v) is 3.26. The molecule has 1 atom stereocenters. The van der Waals surface area contributed by atoms with E-state index < -0.39 is 0 Å². The fourth-order valence-electron chi connectivity index (χ4n) is 2.29. The highest BCUT2D eigenvalue weighted by molar-refractivity contribution is 5.91. The minimum atomic E-state index is 0. The van der Waals surface area contributed by atoms with E-state index in [1.54, 1.807) is 7.11 Å². The van der Waals surface area contributed by atoms with Crippen LogP contribution in [-0.2, 0) is 0 Å². The number of methoxy groups -OCH3 is 1. The van der Waals surface area contributed by atoms with Crippen molar-refractivity contribution in [3.05, 3.63) is 42.0 Å². The zero-order chi connectivity index (χ0) is 13.0. The quantitative estimate of drug-likeness (QED) is 0.885. The number of nitrogens with two attached hydrogens (primary N) is 2. The van der Waals surface area contributed by atoms with Crippen LogP contribution in [0.3, 0.4) is 0 Å². The number of hydrogen-bond acceptors (Lipinski definition) is 3. The highest BCUT2D eigenvalue weighted by Crippen LogP contribution is 2.31. The van der Waals surface area contributed by atoms with Crippen LogP contribution in [0.25, 0.3) is 10.8 Å². The van der Waals surface area contributed by atoms with Crippen LogP contribution < -0.4 is 16.2 Å². The number of halogens is 1. The Morgan fingerprint density at radius 3 is 2.42 bits per heavy atom. The number of fused-ring (bicyclic) bond motifs is 1. The fraction of sp³-hybridized carbons (Fsp3) is 0.333. The maximum atomic E-state index is 6.24. The Morgan fingerprint density at radius 1 is 1.11 bits per heavy atom. The standard InChI is InChI=1S/C15H20N2O.ClH/c1-18-15-9-8-12(14(17)7-4-10-16)11-5-2-3-6-13(11)15;/h2-3,5-6,8-9,14H,4,7,10,16-17H2,1H3;1H/t14-;/m0./s1. The van der Waals surface area contributed by atoms with E-state index in [-0.39, 0.29) is 18.4 Å². The van der Waals surface area contributed by atoms with Gasteiger partial charge in [0.25, 0.3) is 0 Å². The molecule has 0 spiro atoms. The molecule has 0 aromatic heterocycles. The molecule has 0 fully saturated rings. The Labute approximate surface area is 120 Å². The van der Waals surface area contributed by atoms with Crippen molar-refractivity contribution in [3.8, 4) is 5.75 Å². The lowest BCUT2D eigenvalue weighted by atomic mass is 9.96. The molecule has 0 bridgehead atoms. The zero-order valence-corrected chi connectivity index (χ0v) is 12.0. The minimum absolute atomic E-state index is 0. The molecule has 2 aromatic rings. The van der Waals surface area contributed by atoms with Gasteiger partial charge in [0.1, 0.15) is 5.75 Å². The summed E-state index contributed by atoms with van der Waals surface area (Å²) >= 11 is 0. The number of benzene rings is 2. The Bertz CT molecular complexity index is 531. The molecule has 19 heavy (non-hydrogen) atoms. The lowest BCUT2D eigenvalue weighted by Crippen LogP contribution is -2.13. The molecule has 0 radical (unpaired) electrons. The van der Waals surface area contributed by atoms with E-state index in [1.165, 1.54) is 10.9 Å². The Balaban J connectivity index is 0.00000180. The molecule has 3 nitrogen and oxygen atoms in total. The summed E-state index contributed by atoms with van der Waals surface area (Å²) in [7, 11) is 1.69. The van der Waals surface area contributed by atoms with Crippen LogP contribution in [-0.4, -0.2) is 13.7 Å². The summed E-state index contributed by atoms with van der Waals surface area (Å²) in [5, 5.41) is 2.28. The summed E-state index contributed by atoms with van der Waals surface area (Å²) in [6.07, 6.45) is 1.86. The van der Waals surface area contributed by atoms with Gasteiger partial charge in [0.2, 0.25) is 0 Å². The smallest absolute Gasteiger partial charge is 0.126 e. The summed E-state index contributed by atoms with van der Waals surface area (Å²) in [6.45, 7) is 0.682. The minimum Gasteiger partial charge on any atom is -0.496 e. The predicted octanol–water partition coefficient (Wildman–Crippen LogP) is 3.01. The Morgan fingerprint density at radius 2 is 1.79 bits per heavy atom. The molecule has 0 unspecified atom stereocenters. The highest BCUT2D eigenvalue weighted by Gasteiger charge is 2.11. The molecular weight excluding hydrogens is 260 g/mol. The average molecular weight is 281 g/mol. The van der Waals surface area contributed by atoms with Crippen molar-refractivity contribution in [3.63, 3.8) is 0 Å². The molecule has 0 aliphatic carbocycles. The summed E-state index contributed by atoms with van der Waals surface area (Å²) in [5.74, 6) is 0.889. The summed E-state index contributed by atoms with van der Waals surface area (Å²) < 4.78 is 5.38. The number of rotatable bonds is 5. The van der Waals surface area contributed by atoms with Gasteiger partial charge >= 0.3 is 0 Å². The van der Waals surface area contributed by atoms with Crippen LogP contribution in [0.2, 0.25) is 0 Å². The van der Waals surface area contributed by atoms with Gasteiger partial charge in [0, 0.05) is 11.4 Å². The van der Waals surface area contributed by atoms with Crippen molar-refractivity contribution < 1.29 is 4.74 Å². The molecule has 0 saturated carbocycles. The van der Waals surface area contributed by atoms with Gasteiger partial charge in [-0.05, 0) is 36.4 Å². The second kappa shape index (κ2) is 7.34. The van der Waals surface area contributed by atoms with Gasteiger partial charge in [-0.1, -0.05) is 30.3 Å². The van der Waals surface area contributed by atoms with Crippen molar-refractivity contribution in [1.29, 1.82) is 0 Å². The first-order valence-electron chi connectivity index (χ1n) is 6.29. The fourth-order valence-corrected chi connectivity index (χ4v) is 2.29. The maximum Gasteiger partial charge on any atom is 0.126 e. The zero-order valence-electron chi connectivity index (χ0n) is 11.1. The van der Waals surface area contributed by atoms with Gasteiger partial charge < -0.3 is 16.2 Å². The first-order valence-corrected chi connectivity index (χ1v) is 6.29. The van der Waals surface area contributed by atoms with Crippen LogP contribution >= 0.6 is 12.4 Å².